The number of carboxylic acids is 1. The molecule has 7 heteroatoms. The predicted molar refractivity (Wildman–Crippen MR) is 69.6 cm³/mol. The van der Waals surface area contributed by atoms with Crippen LogP contribution in [-0.4, -0.2) is 42.8 Å². The number of carbonyl (C=O) groups is 1. The molecule has 0 atom stereocenters. The molecule has 0 saturated carbocycles. The van der Waals surface area contributed by atoms with E-state index in [2.05, 4.69) is 0 Å². The number of ether oxygens (including phenoxy) is 1. The summed E-state index contributed by atoms with van der Waals surface area (Å²) in [4.78, 5) is 22.6. The van der Waals surface area contributed by atoms with Crippen molar-refractivity contribution >= 4 is 17.3 Å². The molecule has 7 nitrogen and oxygen atoms in total. The second-order valence-electron chi connectivity index (χ2n) is 4.04. The van der Waals surface area contributed by atoms with Crippen molar-refractivity contribution in [2.45, 2.75) is 6.92 Å². The van der Waals surface area contributed by atoms with Crippen molar-refractivity contribution in [1.29, 1.82) is 0 Å². The zero-order valence-electron chi connectivity index (χ0n) is 10.8. The third-order valence-electron chi connectivity index (χ3n) is 2.62. The number of nitro groups is 1. The Morgan fingerprint density at radius 3 is 2.68 bits per heavy atom. The minimum absolute atomic E-state index is 0.0109. The highest BCUT2D eigenvalue weighted by molar-refractivity contribution is 5.74. The third-order valence-corrected chi connectivity index (χ3v) is 2.62. The van der Waals surface area contributed by atoms with E-state index >= 15 is 0 Å². The number of aliphatic carboxylic acids is 1. The van der Waals surface area contributed by atoms with Gasteiger partial charge >= 0.3 is 5.97 Å². The van der Waals surface area contributed by atoms with Crippen molar-refractivity contribution in [3.63, 3.8) is 0 Å². The van der Waals surface area contributed by atoms with Crippen LogP contribution in [-0.2, 0) is 9.53 Å². The van der Waals surface area contributed by atoms with Crippen LogP contribution in [0.1, 0.15) is 5.56 Å². The summed E-state index contributed by atoms with van der Waals surface area (Å²) >= 11 is 0. The average Bonchev–Trinajstić information content (AvgIpc) is 2.34. The number of aryl methyl sites for hydroxylation is 1. The molecule has 0 aromatic heterocycles. The fourth-order valence-electron chi connectivity index (χ4n) is 1.76. The van der Waals surface area contributed by atoms with E-state index in [1.165, 1.54) is 19.2 Å². The molecule has 0 heterocycles. The zero-order valence-corrected chi connectivity index (χ0v) is 10.8. The number of benzene rings is 1. The molecule has 0 spiro atoms. The van der Waals surface area contributed by atoms with Crippen LogP contribution < -0.4 is 4.90 Å². The van der Waals surface area contributed by atoms with Crippen LogP contribution in [0.4, 0.5) is 11.4 Å². The van der Waals surface area contributed by atoms with Crippen molar-refractivity contribution < 1.29 is 19.6 Å². The maximum absolute atomic E-state index is 10.8. The Morgan fingerprint density at radius 1 is 1.53 bits per heavy atom. The van der Waals surface area contributed by atoms with Gasteiger partial charge in [0.05, 0.1) is 11.5 Å². The van der Waals surface area contributed by atoms with Crippen LogP contribution in [0.2, 0.25) is 0 Å². The fourth-order valence-corrected chi connectivity index (χ4v) is 1.76. The number of non-ortho nitro benzene ring substituents is 1. The number of anilines is 1. The number of carboxylic acid groups (broad SMARTS) is 1. The minimum Gasteiger partial charge on any atom is -0.480 e. The normalized spacial score (nSPS) is 10.2. The lowest BCUT2D eigenvalue weighted by molar-refractivity contribution is -0.384. The highest BCUT2D eigenvalue weighted by Crippen LogP contribution is 2.24. The molecule has 0 amide bonds. The molecule has 1 N–H and O–H groups in total. The Labute approximate surface area is 110 Å². The summed E-state index contributed by atoms with van der Waals surface area (Å²) in [5.74, 6) is -0.964. The van der Waals surface area contributed by atoms with Gasteiger partial charge in [0.25, 0.3) is 5.69 Å². The van der Waals surface area contributed by atoms with Gasteiger partial charge in [0.2, 0.25) is 0 Å². The third kappa shape index (κ3) is 4.22. The summed E-state index contributed by atoms with van der Waals surface area (Å²) in [7, 11) is 1.53. The van der Waals surface area contributed by atoms with E-state index in [1.54, 1.807) is 17.9 Å². The Morgan fingerprint density at radius 2 is 2.21 bits per heavy atom. The summed E-state index contributed by atoms with van der Waals surface area (Å²) in [5, 5.41) is 19.5. The molecule has 0 unspecified atom stereocenters. The number of nitrogens with zero attached hydrogens (tertiary/aromatic N) is 2. The van der Waals surface area contributed by atoms with Crippen molar-refractivity contribution in [1.82, 2.24) is 0 Å². The largest absolute Gasteiger partial charge is 0.480 e. The van der Waals surface area contributed by atoms with Crippen LogP contribution in [0.25, 0.3) is 0 Å². The zero-order chi connectivity index (χ0) is 14.4. The van der Waals surface area contributed by atoms with Crippen LogP contribution in [0.15, 0.2) is 18.2 Å². The van der Waals surface area contributed by atoms with E-state index in [4.69, 9.17) is 9.84 Å². The summed E-state index contributed by atoms with van der Waals surface area (Å²) < 4.78 is 4.93. The Hall–Kier alpha value is -2.15. The Kier molecular flexibility index (Phi) is 5.25. The number of rotatable bonds is 7. The van der Waals surface area contributed by atoms with Gasteiger partial charge in [0.15, 0.2) is 0 Å². The van der Waals surface area contributed by atoms with E-state index in [9.17, 15) is 14.9 Å². The molecule has 0 fully saturated rings. The van der Waals surface area contributed by atoms with Crippen LogP contribution >= 0.6 is 0 Å². The summed E-state index contributed by atoms with van der Waals surface area (Å²) in [6.45, 7) is 2.32. The monoisotopic (exact) mass is 268 g/mol. The molecule has 1 aromatic carbocycles. The predicted octanol–water partition coefficient (Wildman–Crippen LogP) is 1.44. The smallest absolute Gasteiger partial charge is 0.323 e. The van der Waals surface area contributed by atoms with Crippen molar-refractivity contribution in [2.75, 3.05) is 31.7 Å². The highest BCUT2D eigenvalue weighted by atomic mass is 16.6. The standard InChI is InChI=1S/C12H16N2O5/c1-9-7-10(14(17)18)3-4-11(9)13(5-6-19-2)8-12(15)16/h3-4,7H,5-6,8H2,1-2H3,(H,15,16). The van der Waals surface area contributed by atoms with Crippen molar-refractivity contribution in [2.24, 2.45) is 0 Å². The average molecular weight is 268 g/mol. The number of nitro benzene ring substituents is 1. The molecule has 0 aliphatic heterocycles. The van der Waals surface area contributed by atoms with Crippen LogP contribution in [0.5, 0.6) is 0 Å². The molecular formula is C12H16N2O5. The number of hydrogen-bond donors (Lipinski definition) is 1. The van der Waals surface area contributed by atoms with Gasteiger partial charge in [-0.05, 0) is 18.6 Å². The Bertz CT molecular complexity index is 475. The lowest BCUT2D eigenvalue weighted by Gasteiger charge is -2.24. The van der Waals surface area contributed by atoms with Gasteiger partial charge in [-0.15, -0.1) is 0 Å². The first-order valence-corrected chi connectivity index (χ1v) is 5.66. The number of hydrogen-bond acceptors (Lipinski definition) is 5. The van der Waals surface area contributed by atoms with Gasteiger partial charge < -0.3 is 14.7 Å². The first-order chi connectivity index (χ1) is 8.95. The van der Waals surface area contributed by atoms with Gasteiger partial charge in [-0.1, -0.05) is 0 Å². The van der Waals surface area contributed by atoms with Gasteiger partial charge in [-0.3, -0.25) is 14.9 Å². The maximum atomic E-state index is 10.8. The van der Waals surface area contributed by atoms with E-state index in [-0.39, 0.29) is 12.2 Å². The van der Waals surface area contributed by atoms with E-state index in [1.807, 2.05) is 0 Å². The second-order valence-corrected chi connectivity index (χ2v) is 4.04. The molecule has 104 valence electrons. The number of methoxy groups -OCH3 is 1. The minimum atomic E-state index is -0.964. The highest BCUT2D eigenvalue weighted by Gasteiger charge is 2.15. The van der Waals surface area contributed by atoms with E-state index in [0.29, 0.717) is 24.4 Å². The lowest BCUT2D eigenvalue weighted by Crippen LogP contribution is -2.33. The van der Waals surface area contributed by atoms with Crippen molar-refractivity contribution in [3.05, 3.63) is 33.9 Å². The maximum Gasteiger partial charge on any atom is 0.323 e. The van der Waals surface area contributed by atoms with Crippen LogP contribution in [0, 0.1) is 17.0 Å². The molecule has 0 bridgehead atoms. The summed E-state index contributed by atoms with van der Waals surface area (Å²) in [5.41, 5.74) is 1.31. The molecule has 0 saturated heterocycles. The molecular weight excluding hydrogens is 252 g/mol. The summed E-state index contributed by atoms with van der Waals surface area (Å²) in [6, 6.07) is 4.35. The first-order valence-electron chi connectivity index (χ1n) is 5.66. The molecule has 1 aromatic rings. The van der Waals surface area contributed by atoms with Gasteiger partial charge in [-0.25, -0.2) is 0 Å². The van der Waals surface area contributed by atoms with Crippen molar-refractivity contribution in [3.8, 4) is 0 Å². The fraction of sp³-hybridized carbons (Fsp3) is 0.417. The van der Waals surface area contributed by atoms with Gasteiger partial charge in [-0.2, -0.15) is 0 Å². The molecule has 19 heavy (non-hydrogen) atoms. The topological polar surface area (TPSA) is 92.9 Å². The molecule has 0 aliphatic carbocycles. The van der Waals surface area contributed by atoms with E-state index in [0.717, 1.165) is 0 Å². The lowest BCUT2D eigenvalue weighted by atomic mass is 10.1. The molecule has 0 radical (unpaired) electrons. The quantitative estimate of drug-likeness (QED) is 0.594. The Balaban J connectivity index is 3.00. The molecule has 1 rings (SSSR count). The van der Waals surface area contributed by atoms with Gasteiger partial charge in [0.1, 0.15) is 6.54 Å². The van der Waals surface area contributed by atoms with Gasteiger partial charge in [0, 0.05) is 31.5 Å². The summed E-state index contributed by atoms with van der Waals surface area (Å²) in [6.07, 6.45) is 0. The SMILES string of the molecule is COCCN(CC(=O)O)c1ccc([N+](=O)[O-])cc1C. The van der Waals surface area contributed by atoms with Crippen LogP contribution in [0.3, 0.4) is 0 Å². The first kappa shape index (κ1) is 14.9. The second kappa shape index (κ2) is 6.69. The molecule has 0 aliphatic rings. The van der Waals surface area contributed by atoms with E-state index < -0.39 is 10.9 Å².